The van der Waals surface area contributed by atoms with Crippen molar-refractivity contribution < 1.29 is 23.4 Å². The molecule has 3 aromatic rings. The SMILES string of the molecule is Cc1cc(OCC(=O)NCc2ccc3c(c2)OCO3)nc(-c2ccc(F)cc2)n1. The van der Waals surface area contributed by atoms with E-state index in [2.05, 4.69) is 15.3 Å². The molecule has 29 heavy (non-hydrogen) atoms. The van der Waals surface area contributed by atoms with Gasteiger partial charge in [-0.2, -0.15) is 4.98 Å². The predicted molar refractivity (Wildman–Crippen MR) is 102 cm³/mol. The van der Waals surface area contributed by atoms with E-state index in [0.717, 1.165) is 5.56 Å². The zero-order valence-electron chi connectivity index (χ0n) is 15.6. The molecule has 1 aromatic heterocycles. The van der Waals surface area contributed by atoms with Gasteiger partial charge < -0.3 is 19.5 Å². The van der Waals surface area contributed by atoms with E-state index in [9.17, 15) is 9.18 Å². The molecule has 0 saturated carbocycles. The van der Waals surface area contributed by atoms with E-state index in [4.69, 9.17) is 14.2 Å². The molecule has 2 heterocycles. The standard InChI is InChI=1S/C21H18FN3O4/c1-13-8-20(25-21(24-13)15-3-5-16(22)6-4-15)27-11-19(26)23-10-14-2-7-17-18(9-14)29-12-28-17/h2-9H,10-12H2,1H3,(H,23,26). The van der Waals surface area contributed by atoms with Gasteiger partial charge in [0.25, 0.3) is 5.91 Å². The number of benzene rings is 2. The number of carbonyl (C=O) groups excluding carboxylic acids is 1. The van der Waals surface area contributed by atoms with E-state index >= 15 is 0 Å². The van der Waals surface area contributed by atoms with Gasteiger partial charge in [-0.3, -0.25) is 4.79 Å². The maximum Gasteiger partial charge on any atom is 0.258 e. The Bertz CT molecular complexity index is 1040. The highest BCUT2D eigenvalue weighted by Gasteiger charge is 2.14. The predicted octanol–water partition coefficient (Wildman–Crippen LogP) is 3.02. The van der Waals surface area contributed by atoms with Crippen LogP contribution in [0.15, 0.2) is 48.5 Å². The van der Waals surface area contributed by atoms with E-state index in [0.29, 0.717) is 35.1 Å². The minimum absolute atomic E-state index is 0.191. The van der Waals surface area contributed by atoms with Crippen molar-refractivity contribution >= 4 is 5.91 Å². The summed E-state index contributed by atoms with van der Waals surface area (Å²) in [5.41, 5.74) is 2.22. The molecule has 0 radical (unpaired) electrons. The molecule has 1 N–H and O–H groups in total. The quantitative estimate of drug-likeness (QED) is 0.691. The molecule has 148 valence electrons. The second-order valence-corrected chi connectivity index (χ2v) is 6.43. The van der Waals surface area contributed by atoms with Crippen LogP contribution in [0, 0.1) is 12.7 Å². The lowest BCUT2D eigenvalue weighted by Crippen LogP contribution is -2.28. The van der Waals surface area contributed by atoms with Gasteiger partial charge in [0.1, 0.15) is 5.82 Å². The van der Waals surface area contributed by atoms with Crippen molar-refractivity contribution in [3.8, 4) is 28.8 Å². The Morgan fingerprint density at radius 3 is 2.72 bits per heavy atom. The number of amides is 1. The lowest BCUT2D eigenvalue weighted by Gasteiger charge is -2.09. The number of nitrogens with one attached hydrogen (secondary N) is 1. The topological polar surface area (TPSA) is 82.6 Å². The van der Waals surface area contributed by atoms with E-state index < -0.39 is 0 Å². The maximum atomic E-state index is 13.1. The Labute approximate surface area is 166 Å². The van der Waals surface area contributed by atoms with Crippen LogP contribution in [0.25, 0.3) is 11.4 Å². The second kappa shape index (κ2) is 8.14. The van der Waals surface area contributed by atoms with Crippen molar-refractivity contribution in [1.29, 1.82) is 0 Å². The van der Waals surface area contributed by atoms with Crippen LogP contribution in [0.2, 0.25) is 0 Å². The summed E-state index contributed by atoms with van der Waals surface area (Å²) < 4.78 is 29.2. The monoisotopic (exact) mass is 395 g/mol. The first-order valence-corrected chi connectivity index (χ1v) is 8.96. The highest BCUT2D eigenvalue weighted by atomic mass is 19.1. The fraction of sp³-hybridized carbons (Fsp3) is 0.190. The third-order valence-corrected chi connectivity index (χ3v) is 4.21. The average Bonchev–Trinajstić information content (AvgIpc) is 3.19. The number of rotatable bonds is 6. The van der Waals surface area contributed by atoms with Crippen molar-refractivity contribution in [2.75, 3.05) is 13.4 Å². The molecule has 1 aliphatic heterocycles. The molecule has 8 heteroatoms. The van der Waals surface area contributed by atoms with Gasteiger partial charge in [0, 0.05) is 23.9 Å². The van der Waals surface area contributed by atoms with Gasteiger partial charge in [-0.05, 0) is 48.9 Å². The summed E-state index contributed by atoms with van der Waals surface area (Å²) in [6.07, 6.45) is 0. The number of ether oxygens (including phenoxy) is 3. The number of aromatic nitrogens is 2. The summed E-state index contributed by atoms with van der Waals surface area (Å²) in [5.74, 6) is 1.41. The summed E-state index contributed by atoms with van der Waals surface area (Å²) in [7, 11) is 0. The molecule has 0 aliphatic carbocycles. The lowest BCUT2D eigenvalue weighted by molar-refractivity contribution is -0.123. The zero-order chi connectivity index (χ0) is 20.2. The third kappa shape index (κ3) is 4.60. The normalized spacial score (nSPS) is 11.9. The smallest absolute Gasteiger partial charge is 0.258 e. The lowest BCUT2D eigenvalue weighted by atomic mass is 10.2. The minimum atomic E-state index is -0.336. The largest absolute Gasteiger partial charge is 0.467 e. The summed E-state index contributed by atoms with van der Waals surface area (Å²) >= 11 is 0. The fourth-order valence-corrected chi connectivity index (χ4v) is 2.78. The number of halogens is 1. The number of hydrogen-bond donors (Lipinski definition) is 1. The van der Waals surface area contributed by atoms with Crippen LogP contribution in [0.5, 0.6) is 17.4 Å². The summed E-state index contributed by atoms with van der Waals surface area (Å²) in [4.78, 5) is 20.7. The highest BCUT2D eigenvalue weighted by Crippen LogP contribution is 2.32. The van der Waals surface area contributed by atoms with Gasteiger partial charge in [0.15, 0.2) is 23.9 Å². The maximum absolute atomic E-state index is 13.1. The van der Waals surface area contributed by atoms with E-state index in [1.54, 1.807) is 31.2 Å². The van der Waals surface area contributed by atoms with Crippen LogP contribution in [0.1, 0.15) is 11.3 Å². The average molecular weight is 395 g/mol. The molecule has 0 saturated heterocycles. The van der Waals surface area contributed by atoms with Crippen LogP contribution in [0.3, 0.4) is 0 Å². The number of fused-ring (bicyclic) bond motifs is 1. The number of aryl methyl sites for hydroxylation is 1. The number of carbonyl (C=O) groups is 1. The van der Waals surface area contributed by atoms with Crippen molar-refractivity contribution in [3.05, 3.63) is 65.6 Å². The summed E-state index contributed by atoms with van der Waals surface area (Å²) in [5, 5.41) is 2.78. The minimum Gasteiger partial charge on any atom is -0.467 e. The Hall–Kier alpha value is -3.68. The van der Waals surface area contributed by atoms with Crippen molar-refractivity contribution in [2.45, 2.75) is 13.5 Å². The molecule has 1 amide bonds. The number of nitrogens with zero attached hydrogens (tertiary/aromatic N) is 2. The van der Waals surface area contributed by atoms with Crippen LogP contribution >= 0.6 is 0 Å². The molecule has 0 fully saturated rings. The summed E-state index contributed by atoms with van der Waals surface area (Å²) in [6.45, 7) is 2.14. The second-order valence-electron chi connectivity index (χ2n) is 6.43. The van der Waals surface area contributed by atoms with Crippen molar-refractivity contribution in [1.82, 2.24) is 15.3 Å². The molecule has 0 unspecified atom stereocenters. The van der Waals surface area contributed by atoms with Crippen LogP contribution in [-0.4, -0.2) is 29.3 Å². The molecule has 0 atom stereocenters. The van der Waals surface area contributed by atoms with Gasteiger partial charge in [0.05, 0.1) is 0 Å². The Balaban J connectivity index is 1.34. The third-order valence-electron chi connectivity index (χ3n) is 4.21. The molecule has 0 spiro atoms. The van der Waals surface area contributed by atoms with Gasteiger partial charge in [-0.15, -0.1) is 0 Å². The first-order chi connectivity index (χ1) is 14.1. The Kier molecular flexibility index (Phi) is 5.24. The summed E-state index contributed by atoms with van der Waals surface area (Å²) in [6, 6.07) is 13.0. The first-order valence-electron chi connectivity index (χ1n) is 8.96. The van der Waals surface area contributed by atoms with Gasteiger partial charge in [-0.1, -0.05) is 6.07 Å². The highest BCUT2D eigenvalue weighted by molar-refractivity contribution is 5.77. The van der Waals surface area contributed by atoms with Gasteiger partial charge >= 0.3 is 0 Å². The molecular weight excluding hydrogens is 377 g/mol. The Morgan fingerprint density at radius 2 is 1.90 bits per heavy atom. The van der Waals surface area contributed by atoms with Gasteiger partial charge in [-0.25, -0.2) is 9.37 Å². The van der Waals surface area contributed by atoms with Crippen LogP contribution < -0.4 is 19.5 Å². The molecule has 4 rings (SSSR count). The number of hydrogen-bond acceptors (Lipinski definition) is 6. The van der Waals surface area contributed by atoms with E-state index in [1.807, 2.05) is 12.1 Å². The molecular formula is C21H18FN3O4. The van der Waals surface area contributed by atoms with Crippen molar-refractivity contribution in [3.63, 3.8) is 0 Å². The molecule has 1 aliphatic rings. The first kappa shape index (κ1) is 18.7. The molecule has 7 nitrogen and oxygen atoms in total. The van der Waals surface area contributed by atoms with Crippen molar-refractivity contribution in [2.24, 2.45) is 0 Å². The van der Waals surface area contributed by atoms with E-state index in [-0.39, 0.29) is 31.0 Å². The molecule has 0 bridgehead atoms. The zero-order valence-corrected chi connectivity index (χ0v) is 15.6. The van der Waals surface area contributed by atoms with Gasteiger partial charge in [0.2, 0.25) is 12.7 Å². The van der Waals surface area contributed by atoms with Crippen LogP contribution in [-0.2, 0) is 11.3 Å². The molecule has 2 aromatic carbocycles. The Morgan fingerprint density at radius 1 is 1.10 bits per heavy atom. The van der Waals surface area contributed by atoms with E-state index in [1.165, 1.54) is 12.1 Å². The fourth-order valence-electron chi connectivity index (χ4n) is 2.78. The van der Waals surface area contributed by atoms with Crippen LogP contribution in [0.4, 0.5) is 4.39 Å².